The van der Waals surface area contributed by atoms with Crippen LogP contribution >= 0.6 is 11.6 Å². The predicted octanol–water partition coefficient (Wildman–Crippen LogP) is 2.53. The maximum Gasteiger partial charge on any atom is 0.243 e. The molecule has 0 fully saturated rings. The molecular formula is C13H11ClN4O2S. The van der Waals surface area contributed by atoms with Crippen molar-refractivity contribution in [3.8, 4) is 0 Å². The molecule has 0 unspecified atom stereocenters. The summed E-state index contributed by atoms with van der Waals surface area (Å²) >= 11 is 5.80. The average Bonchev–Trinajstić information content (AvgIpc) is 2.79. The van der Waals surface area contributed by atoms with E-state index in [0.717, 1.165) is 0 Å². The average molecular weight is 323 g/mol. The topological polar surface area (TPSA) is 76.4 Å². The molecule has 0 saturated heterocycles. The number of hydrogen-bond donors (Lipinski definition) is 1. The van der Waals surface area contributed by atoms with E-state index in [-0.39, 0.29) is 10.2 Å². The highest BCUT2D eigenvalue weighted by Crippen LogP contribution is 2.26. The van der Waals surface area contributed by atoms with Gasteiger partial charge in [-0.3, -0.25) is 0 Å². The first-order chi connectivity index (χ1) is 9.95. The molecule has 0 aliphatic carbocycles. The van der Waals surface area contributed by atoms with E-state index in [4.69, 9.17) is 11.6 Å². The van der Waals surface area contributed by atoms with Gasteiger partial charge < -0.3 is 5.32 Å². The lowest BCUT2D eigenvalue weighted by Crippen LogP contribution is -2.03. The molecule has 0 aliphatic heterocycles. The Morgan fingerprint density at radius 3 is 2.62 bits per heavy atom. The summed E-state index contributed by atoms with van der Waals surface area (Å²) < 4.78 is 25.2. The van der Waals surface area contributed by atoms with Crippen LogP contribution in [0.4, 0.5) is 11.4 Å². The van der Waals surface area contributed by atoms with Crippen LogP contribution in [-0.4, -0.2) is 29.3 Å². The summed E-state index contributed by atoms with van der Waals surface area (Å²) in [6, 6.07) is 10.2. The Kier molecular flexibility index (Phi) is 3.30. The number of fused-ring (bicyclic) bond motifs is 1. The van der Waals surface area contributed by atoms with E-state index >= 15 is 0 Å². The van der Waals surface area contributed by atoms with Crippen molar-refractivity contribution in [1.29, 1.82) is 0 Å². The minimum atomic E-state index is -3.33. The summed E-state index contributed by atoms with van der Waals surface area (Å²) in [5, 5.41) is 7.20. The molecule has 0 radical (unpaired) electrons. The smallest absolute Gasteiger partial charge is 0.243 e. The van der Waals surface area contributed by atoms with Crippen molar-refractivity contribution in [3.05, 3.63) is 47.9 Å². The first kappa shape index (κ1) is 13.8. The van der Waals surface area contributed by atoms with Gasteiger partial charge in [0, 0.05) is 12.5 Å². The molecule has 0 bridgehead atoms. The van der Waals surface area contributed by atoms with Gasteiger partial charge in [-0.25, -0.2) is 12.9 Å². The number of benzene rings is 1. The van der Waals surface area contributed by atoms with Crippen molar-refractivity contribution in [2.75, 3.05) is 11.6 Å². The Morgan fingerprint density at radius 1 is 1.14 bits per heavy atom. The van der Waals surface area contributed by atoms with Crippen molar-refractivity contribution in [2.45, 2.75) is 4.90 Å². The first-order valence-electron chi connectivity index (χ1n) is 6.02. The molecule has 3 rings (SSSR count). The van der Waals surface area contributed by atoms with Crippen LogP contribution in [0.2, 0.25) is 5.28 Å². The number of nitrogens with zero attached hydrogens (tertiary/aromatic N) is 3. The molecule has 2 aromatic heterocycles. The standard InChI is InChI=1S/C13H11ClN4O2S/c1-21(19,20)11-7-3-2-5-9(11)15-10-6-4-8-18-12(10)16-13(14)17-18/h2-8,15H,1H3. The third kappa shape index (κ3) is 2.70. The van der Waals surface area contributed by atoms with Crippen LogP contribution in [0.5, 0.6) is 0 Å². The summed E-state index contributed by atoms with van der Waals surface area (Å²) in [4.78, 5) is 4.33. The van der Waals surface area contributed by atoms with Crippen LogP contribution in [-0.2, 0) is 9.84 Å². The van der Waals surface area contributed by atoms with Gasteiger partial charge in [0.05, 0.1) is 16.3 Å². The molecular weight excluding hydrogens is 312 g/mol. The molecule has 3 aromatic rings. The van der Waals surface area contributed by atoms with Gasteiger partial charge in [0.25, 0.3) is 0 Å². The normalized spacial score (nSPS) is 11.7. The van der Waals surface area contributed by atoms with E-state index in [0.29, 0.717) is 17.0 Å². The summed E-state index contributed by atoms with van der Waals surface area (Å²) in [5.41, 5.74) is 1.62. The molecule has 8 heteroatoms. The number of hydrogen-bond acceptors (Lipinski definition) is 5. The molecule has 21 heavy (non-hydrogen) atoms. The molecule has 1 N–H and O–H groups in total. The zero-order valence-electron chi connectivity index (χ0n) is 11.0. The van der Waals surface area contributed by atoms with Crippen LogP contribution in [0.3, 0.4) is 0 Å². The molecule has 0 saturated carbocycles. The molecule has 2 heterocycles. The predicted molar refractivity (Wildman–Crippen MR) is 80.8 cm³/mol. The summed E-state index contributed by atoms with van der Waals surface area (Å²) in [5.74, 6) is 0. The number of halogens is 1. The third-order valence-electron chi connectivity index (χ3n) is 2.89. The summed E-state index contributed by atoms with van der Waals surface area (Å²) in [6.45, 7) is 0. The van der Waals surface area contributed by atoms with Gasteiger partial charge in [0.2, 0.25) is 5.28 Å². The summed E-state index contributed by atoms with van der Waals surface area (Å²) in [7, 11) is -3.33. The van der Waals surface area contributed by atoms with E-state index < -0.39 is 9.84 Å². The number of aromatic nitrogens is 3. The van der Waals surface area contributed by atoms with Crippen molar-refractivity contribution in [2.24, 2.45) is 0 Å². The van der Waals surface area contributed by atoms with Crippen molar-refractivity contribution in [1.82, 2.24) is 14.6 Å². The van der Waals surface area contributed by atoms with E-state index in [2.05, 4.69) is 15.4 Å². The molecule has 6 nitrogen and oxygen atoms in total. The fourth-order valence-corrected chi connectivity index (χ4v) is 3.02. The third-order valence-corrected chi connectivity index (χ3v) is 4.21. The van der Waals surface area contributed by atoms with Gasteiger partial charge in [-0.2, -0.15) is 4.98 Å². The van der Waals surface area contributed by atoms with Crippen molar-refractivity contribution >= 4 is 38.5 Å². The molecule has 1 aromatic carbocycles. The second kappa shape index (κ2) is 5.01. The minimum absolute atomic E-state index is 0.126. The van der Waals surface area contributed by atoms with Gasteiger partial charge in [-0.15, -0.1) is 5.10 Å². The maximum atomic E-state index is 11.8. The number of para-hydroxylation sites is 1. The van der Waals surface area contributed by atoms with Gasteiger partial charge >= 0.3 is 0 Å². The molecule has 108 valence electrons. The largest absolute Gasteiger partial charge is 0.351 e. The fourth-order valence-electron chi connectivity index (χ4n) is 2.02. The number of pyridine rings is 1. The quantitative estimate of drug-likeness (QED) is 0.802. The lowest BCUT2D eigenvalue weighted by atomic mass is 10.3. The zero-order chi connectivity index (χ0) is 15.0. The van der Waals surface area contributed by atoms with Crippen LogP contribution in [0.15, 0.2) is 47.5 Å². The summed E-state index contributed by atoms with van der Waals surface area (Å²) in [6.07, 6.45) is 2.88. The Morgan fingerprint density at radius 2 is 1.86 bits per heavy atom. The highest BCUT2D eigenvalue weighted by Gasteiger charge is 2.14. The lowest BCUT2D eigenvalue weighted by molar-refractivity contribution is 0.602. The SMILES string of the molecule is CS(=O)(=O)c1ccccc1Nc1cccn2nc(Cl)nc12. The van der Waals surface area contributed by atoms with Crippen molar-refractivity contribution in [3.63, 3.8) is 0 Å². The highest BCUT2D eigenvalue weighted by molar-refractivity contribution is 7.90. The van der Waals surface area contributed by atoms with E-state index in [1.807, 2.05) is 0 Å². The molecule has 0 atom stereocenters. The number of sulfone groups is 1. The first-order valence-corrected chi connectivity index (χ1v) is 8.29. The number of nitrogens with one attached hydrogen (secondary N) is 1. The Balaban J connectivity index is 2.12. The Hall–Kier alpha value is -2.12. The second-order valence-corrected chi connectivity index (χ2v) is 6.79. The fraction of sp³-hybridized carbons (Fsp3) is 0.0769. The Bertz CT molecular complexity index is 921. The van der Waals surface area contributed by atoms with Gasteiger partial charge in [0.1, 0.15) is 0 Å². The van der Waals surface area contributed by atoms with Crippen LogP contribution in [0.25, 0.3) is 5.65 Å². The van der Waals surface area contributed by atoms with E-state index in [1.54, 1.807) is 42.6 Å². The van der Waals surface area contributed by atoms with Crippen LogP contribution < -0.4 is 5.32 Å². The van der Waals surface area contributed by atoms with Crippen LogP contribution in [0, 0.1) is 0 Å². The molecule has 0 amide bonds. The van der Waals surface area contributed by atoms with Gasteiger partial charge in [0.15, 0.2) is 15.5 Å². The van der Waals surface area contributed by atoms with Crippen molar-refractivity contribution < 1.29 is 8.42 Å². The minimum Gasteiger partial charge on any atom is -0.351 e. The zero-order valence-corrected chi connectivity index (χ0v) is 12.6. The molecule has 0 spiro atoms. The second-order valence-electron chi connectivity index (χ2n) is 4.46. The highest BCUT2D eigenvalue weighted by atomic mass is 35.5. The van der Waals surface area contributed by atoms with E-state index in [1.165, 1.54) is 10.8 Å². The Labute approximate surface area is 126 Å². The van der Waals surface area contributed by atoms with Gasteiger partial charge in [-0.05, 0) is 35.9 Å². The molecule has 0 aliphatic rings. The van der Waals surface area contributed by atoms with E-state index in [9.17, 15) is 8.42 Å². The number of anilines is 2. The number of rotatable bonds is 3. The maximum absolute atomic E-state index is 11.8. The lowest BCUT2D eigenvalue weighted by Gasteiger charge is -2.11. The monoisotopic (exact) mass is 322 g/mol. The van der Waals surface area contributed by atoms with Crippen LogP contribution in [0.1, 0.15) is 0 Å². The van der Waals surface area contributed by atoms with Gasteiger partial charge in [-0.1, -0.05) is 12.1 Å².